The van der Waals surface area contributed by atoms with Crippen molar-refractivity contribution in [1.29, 1.82) is 0 Å². The Balaban J connectivity index is 1.66. The van der Waals surface area contributed by atoms with Crippen LogP contribution in [0.3, 0.4) is 0 Å². The van der Waals surface area contributed by atoms with E-state index in [0.717, 1.165) is 22.5 Å². The molecule has 0 bridgehead atoms. The van der Waals surface area contributed by atoms with Gasteiger partial charge in [-0.05, 0) is 35.9 Å². The second-order valence-electron chi connectivity index (χ2n) is 8.96. The summed E-state index contributed by atoms with van der Waals surface area (Å²) < 4.78 is 45.0. The number of hydrogen-bond acceptors (Lipinski definition) is 6. The van der Waals surface area contributed by atoms with Crippen molar-refractivity contribution in [3.05, 3.63) is 113 Å². The molecule has 14 heteroatoms. The normalized spacial score (nSPS) is 11.3. The Labute approximate surface area is 228 Å². The Kier molecular flexibility index (Phi) is 7.06. The van der Waals surface area contributed by atoms with Crippen molar-refractivity contribution in [2.75, 3.05) is 5.32 Å². The van der Waals surface area contributed by atoms with Crippen LogP contribution < -0.4 is 22.3 Å². The highest BCUT2D eigenvalue weighted by molar-refractivity contribution is 6.34. The van der Waals surface area contributed by atoms with E-state index in [-0.39, 0.29) is 27.8 Å². The summed E-state index contributed by atoms with van der Waals surface area (Å²) in [4.78, 5) is 49.7. The van der Waals surface area contributed by atoms with E-state index in [0.29, 0.717) is 22.0 Å². The molecule has 5 rings (SSSR count). The average Bonchev–Trinajstić information content (AvgIpc) is 3.22. The van der Waals surface area contributed by atoms with E-state index in [2.05, 4.69) is 20.3 Å². The molecule has 5 aromatic rings. The number of halogens is 4. The van der Waals surface area contributed by atoms with Crippen molar-refractivity contribution in [3.8, 4) is 0 Å². The van der Waals surface area contributed by atoms with Crippen LogP contribution in [0.5, 0.6) is 0 Å². The van der Waals surface area contributed by atoms with Gasteiger partial charge in [0.05, 0.1) is 34.8 Å². The summed E-state index contributed by atoms with van der Waals surface area (Å²) in [6, 6.07) is 7.68. The Morgan fingerprint density at radius 1 is 1.00 bits per heavy atom. The lowest BCUT2D eigenvalue weighted by Gasteiger charge is -2.16. The number of fused-ring (bicyclic) bond motifs is 1. The summed E-state index contributed by atoms with van der Waals surface area (Å²) in [5, 5.41) is 3.07. The minimum Gasteiger partial charge on any atom is -0.331 e. The number of anilines is 2. The Morgan fingerprint density at radius 2 is 1.73 bits per heavy atom. The van der Waals surface area contributed by atoms with Crippen molar-refractivity contribution < 1.29 is 13.2 Å². The molecule has 3 aromatic heterocycles. The van der Waals surface area contributed by atoms with E-state index in [4.69, 9.17) is 11.6 Å². The van der Waals surface area contributed by atoms with E-state index >= 15 is 0 Å². The van der Waals surface area contributed by atoms with Gasteiger partial charge in [0.25, 0.3) is 5.56 Å². The average molecular weight is 572 g/mol. The predicted octanol–water partition coefficient (Wildman–Crippen LogP) is 3.45. The number of nitrogens with one attached hydrogen (secondary N) is 2. The molecule has 0 saturated carbocycles. The maximum Gasteiger partial charge on any atom is 0.355 e. The van der Waals surface area contributed by atoms with E-state index < -0.39 is 47.5 Å². The fourth-order valence-electron chi connectivity index (χ4n) is 4.33. The van der Waals surface area contributed by atoms with Gasteiger partial charge in [0, 0.05) is 25.2 Å². The number of nitrogens with zero attached hydrogens (tertiary/aromatic N) is 5. The van der Waals surface area contributed by atoms with Crippen molar-refractivity contribution in [2.45, 2.75) is 26.4 Å². The molecule has 0 saturated heterocycles. The van der Waals surface area contributed by atoms with Gasteiger partial charge in [-0.25, -0.2) is 32.3 Å². The van der Waals surface area contributed by atoms with Gasteiger partial charge in [0.15, 0.2) is 17.5 Å². The molecular formula is C26H21ClF3N7O3. The van der Waals surface area contributed by atoms with Crippen LogP contribution in [0.2, 0.25) is 5.02 Å². The standard InChI is InChI=1S/C26H21ClF3N7O3/c1-3-21-32-19-9-15(27)18(10-20(19)35(21)2)33-24-34-25(39)37(12-14-5-4-6-31-23(14)38)26(40)36(24)11-13-7-16(28)22(30)17(29)8-13/h4-10H,3,11-12H2,1-2H3,(H,31,38)(H,33,34,39). The lowest BCUT2D eigenvalue weighted by atomic mass is 10.2. The molecular weight excluding hydrogens is 551 g/mol. The van der Waals surface area contributed by atoms with Crippen molar-refractivity contribution in [3.63, 3.8) is 0 Å². The molecule has 0 radical (unpaired) electrons. The number of H-pyrrole nitrogens is 1. The Morgan fingerprint density at radius 3 is 2.40 bits per heavy atom. The summed E-state index contributed by atoms with van der Waals surface area (Å²) in [6.45, 7) is 1.03. The quantitative estimate of drug-likeness (QED) is 0.289. The Bertz CT molecular complexity index is 1940. The second kappa shape index (κ2) is 10.5. The number of benzene rings is 2. The summed E-state index contributed by atoms with van der Waals surface area (Å²) in [7, 11) is 1.82. The second-order valence-corrected chi connectivity index (χ2v) is 9.36. The molecule has 40 heavy (non-hydrogen) atoms. The van der Waals surface area contributed by atoms with E-state index in [1.807, 2.05) is 18.5 Å². The number of aromatic amines is 1. The third kappa shape index (κ3) is 4.91. The predicted molar refractivity (Wildman–Crippen MR) is 143 cm³/mol. The van der Waals surface area contributed by atoms with Crippen LogP contribution in [0.4, 0.5) is 24.8 Å². The topological polar surface area (TPSA) is 120 Å². The van der Waals surface area contributed by atoms with E-state index in [1.54, 1.807) is 12.1 Å². The molecule has 2 aromatic carbocycles. The van der Waals surface area contributed by atoms with Crippen molar-refractivity contribution >= 4 is 34.3 Å². The lowest BCUT2D eigenvalue weighted by Crippen LogP contribution is -2.43. The first-order chi connectivity index (χ1) is 19.1. The van der Waals surface area contributed by atoms with Gasteiger partial charge in [-0.3, -0.25) is 9.36 Å². The maximum absolute atomic E-state index is 14.0. The summed E-state index contributed by atoms with van der Waals surface area (Å²) in [6.07, 6.45) is 2.06. The first-order valence-electron chi connectivity index (χ1n) is 12.0. The van der Waals surface area contributed by atoms with Gasteiger partial charge in [0.2, 0.25) is 5.95 Å². The molecule has 0 amide bonds. The molecule has 0 spiro atoms. The molecule has 0 unspecified atom stereocenters. The number of imidazole rings is 1. The molecule has 0 atom stereocenters. The van der Waals surface area contributed by atoms with Crippen LogP contribution in [-0.4, -0.2) is 28.7 Å². The molecule has 0 aliphatic carbocycles. The number of pyridine rings is 1. The summed E-state index contributed by atoms with van der Waals surface area (Å²) in [5.74, 6) is -4.06. The van der Waals surface area contributed by atoms with Gasteiger partial charge in [-0.15, -0.1) is 0 Å². The fraction of sp³-hybridized carbons (Fsp3) is 0.192. The minimum atomic E-state index is -1.66. The monoisotopic (exact) mass is 571 g/mol. The first kappa shape index (κ1) is 26.9. The zero-order valence-electron chi connectivity index (χ0n) is 21.1. The number of aromatic nitrogens is 6. The molecule has 0 aliphatic rings. The molecule has 0 aliphatic heterocycles. The highest BCUT2D eigenvalue weighted by Crippen LogP contribution is 2.30. The summed E-state index contributed by atoms with van der Waals surface area (Å²) in [5.41, 5.74) is -0.867. The summed E-state index contributed by atoms with van der Waals surface area (Å²) >= 11 is 6.48. The van der Waals surface area contributed by atoms with E-state index in [9.17, 15) is 27.6 Å². The lowest BCUT2D eigenvalue weighted by molar-refractivity contribution is 0.444. The largest absolute Gasteiger partial charge is 0.355 e. The fourth-order valence-corrected chi connectivity index (χ4v) is 4.54. The van der Waals surface area contributed by atoms with Crippen LogP contribution >= 0.6 is 11.6 Å². The molecule has 3 heterocycles. The molecule has 2 N–H and O–H groups in total. The zero-order valence-corrected chi connectivity index (χ0v) is 21.9. The van der Waals surface area contributed by atoms with Crippen LogP contribution in [0.15, 0.2) is 57.0 Å². The van der Waals surface area contributed by atoms with Crippen LogP contribution in [-0.2, 0) is 26.6 Å². The number of hydrogen-bond donors (Lipinski definition) is 2. The van der Waals surface area contributed by atoms with Gasteiger partial charge >= 0.3 is 11.4 Å². The van der Waals surface area contributed by atoms with Gasteiger partial charge in [0.1, 0.15) is 5.82 Å². The smallest absolute Gasteiger partial charge is 0.331 e. The molecule has 0 fully saturated rings. The van der Waals surface area contributed by atoms with Crippen molar-refractivity contribution in [1.82, 2.24) is 28.7 Å². The third-order valence-electron chi connectivity index (χ3n) is 6.39. The zero-order chi connectivity index (χ0) is 28.7. The number of aryl methyl sites for hydroxylation is 2. The molecule has 10 nitrogen and oxygen atoms in total. The highest BCUT2D eigenvalue weighted by Gasteiger charge is 2.19. The Hall–Kier alpha value is -4.65. The van der Waals surface area contributed by atoms with Crippen molar-refractivity contribution in [2.24, 2.45) is 7.05 Å². The first-order valence-corrected chi connectivity index (χ1v) is 12.4. The van der Waals surface area contributed by atoms with Gasteiger partial charge in [-0.2, -0.15) is 4.98 Å². The maximum atomic E-state index is 14.0. The van der Waals surface area contributed by atoms with Crippen LogP contribution in [0.25, 0.3) is 11.0 Å². The third-order valence-corrected chi connectivity index (χ3v) is 6.70. The SMILES string of the molecule is CCc1nc2cc(Cl)c(Nc3nc(=O)n(Cc4ccc[nH]c4=O)c(=O)n3Cc3cc(F)c(F)c(F)c3)cc2n1C. The van der Waals surface area contributed by atoms with Crippen LogP contribution in [0, 0.1) is 17.5 Å². The highest BCUT2D eigenvalue weighted by atomic mass is 35.5. The van der Waals surface area contributed by atoms with Gasteiger partial charge in [-0.1, -0.05) is 24.6 Å². The van der Waals surface area contributed by atoms with Gasteiger partial charge < -0.3 is 14.9 Å². The van der Waals surface area contributed by atoms with E-state index in [1.165, 1.54) is 18.3 Å². The number of rotatable bonds is 7. The molecule has 206 valence electrons. The van der Waals surface area contributed by atoms with Crippen LogP contribution in [0.1, 0.15) is 23.9 Å². The minimum absolute atomic E-state index is 0.103.